The molecule has 3 heterocycles. The lowest BCUT2D eigenvalue weighted by molar-refractivity contribution is -0.119. The molecule has 1 atom stereocenters. The number of aromatic nitrogens is 3. The molecule has 6 nitrogen and oxygen atoms in total. The first-order valence-corrected chi connectivity index (χ1v) is 9.79. The molecule has 2 aliphatic rings. The van der Waals surface area contributed by atoms with Gasteiger partial charge in [0.15, 0.2) is 0 Å². The monoisotopic (exact) mass is 373 g/mol. The molecule has 1 saturated carbocycles. The van der Waals surface area contributed by atoms with E-state index in [1.807, 2.05) is 6.07 Å². The van der Waals surface area contributed by atoms with Crippen LogP contribution in [-0.4, -0.2) is 34.2 Å². The summed E-state index contributed by atoms with van der Waals surface area (Å²) in [6.45, 7) is 1.82. The Hall–Kier alpha value is -2.08. The number of rotatable bonds is 4. The lowest BCUT2D eigenvalue weighted by Gasteiger charge is -2.34. The molecular formula is C19H24ClN5O. The molecule has 2 N–H and O–H groups in total. The van der Waals surface area contributed by atoms with Crippen LogP contribution in [0.15, 0.2) is 24.7 Å². The average molecular weight is 374 g/mol. The number of nitrogens with one attached hydrogen (secondary N) is 2. The van der Waals surface area contributed by atoms with Crippen molar-refractivity contribution < 1.29 is 4.79 Å². The van der Waals surface area contributed by atoms with Crippen molar-refractivity contribution in [1.29, 1.82) is 0 Å². The molecule has 1 saturated heterocycles. The number of carbonyl (C=O) groups is 1. The summed E-state index contributed by atoms with van der Waals surface area (Å²) in [5.74, 6) is 0.570. The van der Waals surface area contributed by atoms with E-state index in [2.05, 4.69) is 25.4 Å². The first kappa shape index (κ1) is 17.3. The van der Waals surface area contributed by atoms with Crippen LogP contribution in [0.4, 0.5) is 11.4 Å². The normalized spacial score (nSPS) is 21.1. The molecule has 2 fully saturated rings. The van der Waals surface area contributed by atoms with E-state index in [0.717, 1.165) is 68.7 Å². The number of piperidine rings is 1. The fourth-order valence-electron chi connectivity index (χ4n) is 4.19. The second-order valence-corrected chi connectivity index (χ2v) is 7.69. The van der Waals surface area contributed by atoms with E-state index in [1.54, 1.807) is 18.6 Å². The summed E-state index contributed by atoms with van der Waals surface area (Å²) in [5, 5.41) is 11.1. The highest BCUT2D eigenvalue weighted by atomic mass is 35.5. The molecule has 26 heavy (non-hydrogen) atoms. The van der Waals surface area contributed by atoms with Gasteiger partial charge in [0.25, 0.3) is 0 Å². The summed E-state index contributed by atoms with van der Waals surface area (Å²) >= 11 is 6.32. The van der Waals surface area contributed by atoms with Crippen molar-refractivity contribution in [2.45, 2.75) is 44.4 Å². The molecule has 1 unspecified atom stereocenters. The largest absolute Gasteiger partial charge is 0.370 e. The molecule has 1 amide bonds. The van der Waals surface area contributed by atoms with E-state index in [0.29, 0.717) is 5.02 Å². The van der Waals surface area contributed by atoms with Gasteiger partial charge in [0.05, 0.1) is 28.3 Å². The molecule has 2 aromatic rings. The maximum Gasteiger partial charge on any atom is 0.227 e. The predicted molar refractivity (Wildman–Crippen MR) is 103 cm³/mol. The van der Waals surface area contributed by atoms with Gasteiger partial charge in [-0.2, -0.15) is 5.10 Å². The summed E-state index contributed by atoms with van der Waals surface area (Å²) in [5.41, 5.74) is 2.86. The van der Waals surface area contributed by atoms with Crippen molar-refractivity contribution >= 4 is 28.9 Å². The third-order valence-corrected chi connectivity index (χ3v) is 5.87. The Bertz CT molecular complexity index is 771. The highest BCUT2D eigenvalue weighted by Gasteiger charge is 2.28. The zero-order valence-corrected chi connectivity index (χ0v) is 15.5. The predicted octanol–water partition coefficient (Wildman–Crippen LogP) is 3.97. The molecule has 7 heteroatoms. The molecule has 1 aliphatic heterocycles. The highest BCUT2D eigenvalue weighted by Crippen LogP contribution is 2.35. The van der Waals surface area contributed by atoms with Gasteiger partial charge in [-0.15, -0.1) is 0 Å². The number of amides is 1. The van der Waals surface area contributed by atoms with Crippen molar-refractivity contribution in [2.24, 2.45) is 5.92 Å². The molecule has 4 rings (SSSR count). The Balaban J connectivity index is 1.48. The average Bonchev–Trinajstić information content (AvgIpc) is 3.34. The third-order valence-electron chi connectivity index (χ3n) is 5.57. The van der Waals surface area contributed by atoms with E-state index in [1.165, 1.54) is 0 Å². The smallest absolute Gasteiger partial charge is 0.227 e. The molecule has 2 aromatic heterocycles. The van der Waals surface area contributed by atoms with Gasteiger partial charge in [0.1, 0.15) is 0 Å². The topological polar surface area (TPSA) is 73.9 Å². The molecule has 1 aliphatic carbocycles. The van der Waals surface area contributed by atoms with E-state index in [-0.39, 0.29) is 17.7 Å². The van der Waals surface area contributed by atoms with E-state index in [4.69, 9.17) is 11.6 Å². The van der Waals surface area contributed by atoms with Gasteiger partial charge in [0, 0.05) is 37.3 Å². The van der Waals surface area contributed by atoms with Gasteiger partial charge < -0.3 is 10.2 Å². The highest BCUT2D eigenvalue weighted by molar-refractivity contribution is 6.33. The van der Waals surface area contributed by atoms with Crippen molar-refractivity contribution in [3.05, 3.63) is 35.4 Å². The lowest BCUT2D eigenvalue weighted by Crippen LogP contribution is -2.35. The van der Waals surface area contributed by atoms with Crippen molar-refractivity contribution in [3.8, 4) is 0 Å². The molecule has 0 spiro atoms. The van der Waals surface area contributed by atoms with Crippen LogP contribution in [0, 0.1) is 5.92 Å². The van der Waals surface area contributed by atoms with Gasteiger partial charge >= 0.3 is 0 Å². The van der Waals surface area contributed by atoms with Crippen LogP contribution in [-0.2, 0) is 4.79 Å². The fourth-order valence-corrected chi connectivity index (χ4v) is 4.42. The summed E-state index contributed by atoms with van der Waals surface area (Å²) < 4.78 is 0. The van der Waals surface area contributed by atoms with Crippen molar-refractivity contribution in [1.82, 2.24) is 15.2 Å². The standard InChI is InChI=1S/C19H24ClN5O/c20-15-10-21-8-7-17(15)25-9-3-6-14(12-25)18-16(11-22-24-18)23-19(26)13-4-1-2-5-13/h7-8,10-11,13-14H,1-6,9,12H2,(H,22,24)(H,23,26). The zero-order chi connectivity index (χ0) is 17.9. The van der Waals surface area contributed by atoms with Gasteiger partial charge in [-0.05, 0) is 31.7 Å². The number of H-pyrrole nitrogens is 1. The van der Waals surface area contributed by atoms with Crippen LogP contribution in [0.5, 0.6) is 0 Å². The number of pyridine rings is 1. The van der Waals surface area contributed by atoms with Crippen LogP contribution >= 0.6 is 11.6 Å². The number of carbonyl (C=O) groups excluding carboxylic acids is 1. The molecule has 0 aromatic carbocycles. The molecule has 0 radical (unpaired) electrons. The second-order valence-electron chi connectivity index (χ2n) is 7.28. The number of hydrogen-bond donors (Lipinski definition) is 2. The van der Waals surface area contributed by atoms with Gasteiger partial charge in [-0.25, -0.2) is 0 Å². The van der Waals surface area contributed by atoms with Crippen molar-refractivity contribution in [3.63, 3.8) is 0 Å². The third kappa shape index (κ3) is 3.56. The first-order valence-electron chi connectivity index (χ1n) is 9.41. The van der Waals surface area contributed by atoms with Crippen LogP contribution in [0.3, 0.4) is 0 Å². The second kappa shape index (κ2) is 7.66. The lowest BCUT2D eigenvalue weighted by atomic mass is 9.93. The van der Waals surface area contributed by atoms with Gasteiger partial charge in [-0.1, -0.05) is 24.4 Å². The van der Waals surface area contributed by atoms with Crippen LogP contribution in [0.2, 0.25) is 5.02 Å². The quantitative estimate of drug-likeness (QED) is 0.850. The molecule has 0 bridgehead atoms. The van der Waals surface area contributed by atoms with Gasteiger partial charge in [0.2, 0.25) is 5.91 Å². The van der Waals surface area contributed by atoms with Crippen LogP contribution in [0.25, 0.3) is 0 Å². The Labute approximate surface area is 158 Å². The van der Waals surface area contributed by atoms with Gasteiger partial charge in [-0.3, -0.25) is 14.9 Å². The maximum absolute atomic E-state index is 12.5. The number of anilines is 2. The summed E-state index contributed by atoms with van der Waals surface area (Å²) in [6.07, 6.45) is 11.6. The van der Waals surface area contributed by atoms with Crippen LogP contribution < -0.4 is 10.2 Å². The Morgan fingerprint density at radius 2 is 2.08 bits per heavy atom. The van der Waals surface area contributed by atoms with Crippen LogP contribution in [0.1, 0.15) is 50.1 Å². The fraction of sp³-hybridized carbons (Fsp3) is 0.526. The number of halogens is 1. The summed E-state index contributed by atoms with van der Waals surface area (Å²) in [7, 11) is 0. The Morgan fingerprint density at radius 1 is 1.23 bits per heavy atom. The SMILES string of the molecule is O=C(Nc1cn[nH]c1C1CCCN(c2ccncc2Cl)C1)C1CCCC1. The maximum atomic E-state index is 12.5. The molecular weight excluding hydrogens is 350 g/mol. The zero-order valence-electron chi connectivity index (χ0n) is 14.7. The minimum Gasteiger partial charge on any atom is -0.370 e. The minimum atomic E-state index is 0.134. The van der Waals surface area contributed by atoms with E-state index < -0.39 is 0 Å². The number of hydrogen-bond acceptors (Lipinski definition) is 4. The first-order chi connectivity index (χ1) is 12.7. The van der Waals surface area contributed by atoms with E-state index in [9.17, 15) is 4.79 Å². The van der Waals surface area contributed by atoms with Crippen molar-refractivity contribution in [2.75, 3.05) is 23.3 Å². The molecule has 138 valence electrons. The summed E-state index contributed by atoms with van der Waals surface area (Å²) in [6, 6.07) is 1.96. The number of nitrogens with zero attached hydrogens (tertiary/aromatic N) is 3. The Kier molecular flexibility index (Phi) is 5.11. The van der Waals surface area contributed by atoms with E-state index >= 15 is 0 Å². The minimum absolute atomic E-state index is 0.134. The number of aromatic amines is 1. The summed E-state index contributed by atoms with van der Waals surface area (Å²) in [4.78, 5) is 18.9. The Morgan fingerprint density at radius 3 is 2.88 bits per heavy atom.